The lowest BCUT2D eigenvalue weighted by molar-refractivity contribution is -0.113. The van der Waals surface area contributed by atoms with Gasteiger partial charge in [-0.25, -0.2) is 0 Å². The van der Waals surface area contributed by atoms with Crippen LogP contribution >= 0.6 is 0 Å². The molecule has 2 aliphatic heterocycles. The zero-order valence-corrected chi connectivity index (χ0v) is 19.6. The number of carbonyl (C=O) groups is 2. The Morgan fingerprint density at radius 1 is 0.750 bits per heavy atom. The third kappa shape index (κ3) is 2.92. The highest BCUT2D eigenvalue weighted by Gasteiger charge is 2.44. The number of carbonyl (C=O) groups excluding carboxylic acids is 2. The zero-order valence-electron chi connectivity index (χ0n) is 19.6. The fraction of sp³-hybridized carbons (Fsp3) is 0.462. The maximum atomic E-state index is 13.5. The first-order valence-corrected chi connectivity index (χ1v) is 11.1. The molecule has 2 heterocycles. The van der Waals surface area contributed by atoms with Crippen LogP contribution in [0, 0.1) is 17.8 Å². The van der Waals surface area contributed by atoms with Crippen molar-refractivity contribution in [3.05, 3.63) is 68.6 Å². The SMILES string of the molecule is CC1=C2C(=CO[C@H](C)[C@H]2C)C(=O)C(C(C)C2=C(O)C(C)=C3C(=CO[C@H](C)[C@H]3C)C2=O)=C1O. The molecule has 0 saturated heterocycles. The Labute approximate surface area is 188 Å². The molecular formula is C26H30O6. The van der Waals surface area contributed by atoms with Crippen LogP contribution in [0.1, 0.15) is 48.5 Å². The van der Waals surface area contributed by atoms with E-state index < -0.39 is 5.92 Å². The van der Waals surface area contributed by atoms with E-state index in [0.29, 0.717) is 22.3 Å². The van der Waals surface area contributed by atoms with Gasteiger partial charge in [0, 0.05) is 28.9 Å². The van der Waals surface area contributed by atoms with Gasteiger partial charge in [0.1, 0.15) is 23.7 Å². The summed E-state index contributed by atoms with van der Waals surface area (Å²) in [6.45, 7) is 12.9. The van der Waals surface area contributed by atoms with Crippen LogP contribution in [0.2, 0.25) is 0 Å². The lowest BCUT2D eigenvalue weighted by Crippen LogP contribution is -2.35. The van der Waals surface area contributed by atoms with Gasteiger partial charge in [-0.15, -0.1) is 0 Å². The first-order chi connectivity index (χ1) is 15.0. The van der Waals surface area contributed by atoms with Gasteiger partial charge in [0.2, 0.25) is 0 Å². The van der Waals surface area contributed by atoms with Crippen molar-refractivity contribution in [1.29, 1.82) is 0 Å². The molecule has 0 radical (unpaired) electrons. The lowest BCUT2D eigenvalue weighted by atomic mass is 9.70. The molecule has 0 aromatic rings. The summed E-state index contributed by atoms with van der Waals surface area (Å²) in [5.74, 6) is -1.99. The van der Waals surface area contributed by atoms with Crippen molar-refractivity contribution >= 4 is 11.6 Å². The highest BCUT2D eigenvalue weighted by molar-refractivity contribution is 6.18. The van der Waals surface area contributed by atoms with Gasteiger partial charge in [0.25, 0.3) is 0 Å². The first-order valence-electron chi connectivity index (χ1n) is 11.1. The Morgan fingerprint density at radius 3 is 1.44 bits per heavy atom. The largest absolute Gasteiger partial charge is 0.507 e. The van der Waals surface area contributed by atoms with Crippen molar-refractivity contribution in [2.24, 2.45) is 17.8 Å². The normalized spacial score (nSPS) is 30.8. The highest BCUT2D eigenvalue weighted by atomic mass is 16.5. The van der Waals surface area contributed by atoms with Crippen LogP contribution in [0.25, 0.3) is 0 Å². The standard InChI is InChI=1S/C26H30O6/c1-10-15(6)31-8-17-19(10)13(4)23(27)21(25(17)29)12(3)22-24(28)14(5)20-11(2)16(7)32-9-18(20)26(22)30/h8-12,15-16,27-28H,1-7H3/t10-,11-,15-,16-/m1/s1. The Morgan fingerprint density at radius 2 is 1.09 bits per heavy atom. The molecule has 0 bridgehead atoms. The number of ether oxygens (including phenoxy) is 2. The monoisotopic (exact) mass is 438 g/mol. The predicted molar refractivity (Wildman–Crippen MR) is 119 cm³/mol. The highest BCUT2D eigenvalue weighted by Crippen LogP contribution is 2.46. The molecule has 0 aromatic carbocycles. The minimum Gasteiger partial charge on any atom is -0.507 e. The maximum absolute atomic E-state index is 13.5. The second-order valence-electron chi connectivity index (χ2n) is 9.30. The second-order valence-corrected chi connectivity index (χ2v) is 9.30. The summed E-state index contributed by atoms with van der Waals surface area (Å²) >= 11 is 0. The van der Waals surface area contributed by atoms with Crippen LogP contribution in [-0.4, -0.2) is 34.0 Å². The van der Waals surface area contributed by atoms with Crippen molar-refractivity contribution in [2.75, 3.05) is 0 Å². The molecule has 6 heteroatoms. The molecule has 0 amide bonds. The molecule has 0 spiro atoms. The summed E-state index contributed by atoms with van der Waals surface area (Å²) in [5.41, 5.74) is 3.69. The van der Waals surface area contributed by atoms with Gasteiger partial charge < -0.3 is 19.7 Å². The molecule has 0 fully saturated rings. The molecule has 6 nitrogen and oxygen atoms in total. The third-order valence-electron chi connectivity index (χ3n) is 7.57. The number of aliphatic hydroxyl groups is 2. The average molecular weight is 439 g/mol. The number of Topliss-reactive ketones (excluding diaryl/α,β-unsaturated/α-hetero) is 2. The van der Waals surface area contributed by atoms with Crippen LogP contribution in [-0.2, 0) is 19.1 Å². The summed E-state index contributed by atoms with van der Waals surface area (Å²) in [4.78, 5) is 26.9. The number of hydrogen-bond donors (Lipinski definition) is 2. The molecule has 0 saturated carbocycles. The lowest BCUT2D eigenvalue weighted by Gasteiger charge is -2.36. The summed E-state index contributed by atoms with van der Waals surface area (Å²) in [6, 6.07) is 0. The Hall–Kier alpha value is -3.02. The van der Waals surface area contributed by atoms with E-state index in [1.165, 1.54) is 12.5 Å². The van der Waals surface area contributed by atoms with Crippen LogP contribution in [0.4, 0.5) is 0 Å². The molecule has 4 rings (SSSR count). The molecule has 0 unspecified atom stereocenters. The fourth-order valence-electron chi connectivity index (χ4n) is 5.22. The van der Waals surface area contributed by atoms with Crippen molar-refractivity contribution in [3.63, 3.8) is 0 Å². The Bertz CT molecular complexity index is 1030. The summed E-state index contributed by atoms with van der Waals surface area (Å²) in [5, 5.41) is 22.1. The smallest absolute Gasteiger partial charge is 0.196 e. The first kappa shape index (κ1) is 22.2. The molecule has 170 valence electrons. The quantitative estimate of drug-likeness (QED) is 0.636. The van der Waals surface area contributed by atoms with Gasteiger partial charge in [-0.1, -0.05) is 20.8 Å². The van der Waals surface area contributed by atoms with Crippen molar-refractivity contribution < 1.29 is 29.3 Å². The van der Waals surface area contributed by atoms with Crippen molar-refractivity contribution in [2.45, 2.75) is 60.7 Å². The van der Waals surface area contributed by atoms with E-state index in [1.54, 1.807) is 20.8 Å². The molecular weight excluding hydrogens is 408 g/mol. The molecule has 4 aliphatic rings. The van der Waals surface area contributed by atoms with Crippen LogP contribution in [0.15, 0.2) is 68.6 Å². The van der Waals surface area contributed by atoms with Gasteiger partial charge in [0.05, 0.1) is 23.7 Å². The zero-order chi connectivity index (χ0) is 23.6. The number of hydrogen-bond acceptors (Lipinski definition) is 6. The van der Waals surface area contributed by atoms with E-state index >= 15 is 0 Å². The summed E-state index contributed by atoms with van der Waals surface area (Å²) in [6.07, 6.45) is 2.66. The van der Waals surface area contributed by atoms with Crippen LogP contribution < -0.4 is 0 Å². The van der Waals surface area contributed by atoms with E-state index in [4.69, 9.17) is 9.47 Å². The van der Waals surface area contributed by atoms with Crippen LogP contribution in [0.3, 0.4) is 0 Å². The van der Waals surface area contributed by atoms with E-state index in [2.05, 4.69) is 0 Å². The minimum atomic E-state index is -0.825. The average Bonchev–Trinajstić information content (AvgIpc) is 2.74. The number of aliphatic hydroxyl groups excluding tert-OH is 2. The third-order valence-corrected chi connectivity index (χ3v) is 7.57. The van der Waals surface area contributed by atoms with Gasteiger partial charge in [-0.3, -0.25) is 9.59 Å². The minimum absolute atomic E-state index is 0.0670. The molecule has 2 N–H and O–H groups in total. The number of allylic oxidation sites excluding steroid dienone is 6. The summed E-state index contributed by atoms with van der Waals surface area (Å²) in [7, 11) is 0. The topological polar surface area (TPSA) is 93.1 Å². The van der Waals surface area contributed by atoms with Crippen molar-refractivity contribution in [1.82, 2.24) is 0 Å². The number of ketones is 2. The van der Waals surface area contributed by atoms with Gasteiger partial charge in [-0.2, -0.15) is 0 Å². The van der Waals surface area contributed by atoms with E-state index in [1.807, 2.05) is 27.7 Å². The predicted octanol–water partition coefficient (Wildman–Crippen LogP) is 4.92. The number of fused-ring (bicyclic) bond motifs is 2. The Balaban J connectivity index is 1.87. The Kier molecular flexibility index (Phi) is 5.23. The molecule has 32 heavy (non-hydrogen) atoms. The fourth-order valence-corrected chi connectivity index (χ4v) is 5.22. The molecule has 4 atom stereocenters. The van der Waals surface area contributed by atoms with E-state index in [0.717, 1.165) is 11.1 Å². The van der Waals surface area contributed by atoms with E-state index in [9.17, 15) is 19.8 Å². The molecule has 2 aliphatic carbocycles. The summed E-state index contributed by atoms with van der Waals surface area (Å²) < 4.78 is 11.3. The maximum Gasteiger partial charge on any atom is 0.196 e. The van der Waals surface area contributed by atoms with Gasteiger partial charge in [0.15, 0.2) is 11.6 Å². The number of rotatable bonds is 2. The van der Waals surface area contributed by atoms with Crippen molar-refractivity contribution in [3.8, 4) is 0 Å². The second kappa shape index (κ2) is 7.54. The van der Waals surface area contributed by atoms with E-state index in [-0.39, 0.29) is 58.3 Å². The van der Waals surface area contributed by atoms with Gasteiger partial charge in [-0.05, 0) is 50.0 Å². The van der Waals surface area contributed by atoms with Crippen LogP contribution in [0.5, 0.6) is 0 Å². The molecule has 0 aromatic heterocycles. The van der Waals surface area contributed by atoms with Gasteiger partial charge >= 0.3 is 0 Å².